The highest BCUT2D eigenvalue weighted by Crippen LogP contribution is 2.28. The minimum atomic E-state index is 0.831. The van der Waals surface area contributed by atoms with E-state index in [1.165, 1.54) is 13.7 Å². The summed E-state index contributed by atoms with van der Waals surface area (Å²) in [4.78, 5) is 2.36. The van der Waals surface area contributed by atoms with Crippen LogP contribution in [0.25, 0.3) is 0 Å². The smallest absolute Gasteiger partial charge is 0.0642 e. The van der Waals surface area contributed by atoms with Crippen LogP contribution in [0.5, 0.6) is 0 Å². The molecular formula is C10H11BrINO. The molecule has 0 aliphatic carbocycles. The van der Waals surface area contributed by atoms with E-state index < -0.39 is 0 Å². The van der Waals surface area contributed by atoms with Gasteiger partial charge in [-0.15, -0.1) is 0 Å². The third kappa shape index (κ3) is 2.41. The number of benzene rings is 1. The lowest BCUT2D eigenvalue weighted by Gasteiger charge is -2.29. The second kappa shape index (κ2) is 4.81. The predicted molar refractivity (Wildman–Crippen MR) is 69.9 cm³/mol. The SMILES string of the molecule is Brc1ccc(I)cc1N1CCOCC1. The number of hydrogen-bond acceptors (Lipinski definition) is 2. The Labute approximate surface area is 106 Å². The van der Waals surface area contributed by atoms with Gasteiger partial charge in [0.15, 0.2) is 0 Å². The van der Waals surface area contributed by atoms with Crippen LogP contribution in [0, 0.1) is 3.57 Å². The van der Waals surface area contributed by atoms with Gasteiger partial charge in [-0.1, -0.05) is 0 Å². The molecule has 4 heteroatoms. The summed E-state index contributed by atoms with van der Waals surface area (Å²) >= 11 is 5.92. The zero-order valence-electron chi connectivity index (χ0n) is 7.67. The number of halogens is 2. The summed E-state index contributed by atoms with van der Waals surface area (Å²) in [5, 5.41) is 0. The zero-order chi connectivity index (χ0) is 9.97. The van der Waals surface area contributed by atoms with E-state index in [9.17, 15) is 0 Å². The third-order valence-corrected chi connectivity index (χ3v) is 3.60. The summed E-state index contributed by atoms with van der Waals surface area (Å²) in [5.74, 6) is 0. The molecule has 2 nitrogen and oxygen atoms in total. The maximum atomic E-state index is 5.33. The average Bonchev–Trinajstić information content (AvgIpc) is 2.23. The Morgan fingerprint density at radius 2 is 2.00 bits per heavy atom. The summed E-state index contributed by atoms with van der Waals surface area (Å²) in [6.45, 7) is 3.63. The fraction of sp³-hybridized carbons (Fsp3) is 0.400. The summed E-state index contributed by atoms with van der Waals surface area (Å²) in [5.41, 5.74) is 1.28. The number of morpholine rings is 1. The van der Waals surface area contributed by atoms with Crippen molar-refractivity contribution in [2.45, 2.75) is 0 Å². The van der Waals surface area contributed by atoms with E-state index in [1.54, 1.807) is 0 Å². The highest BCUT2D eigenvalue weighted by Gasteiger charge is 2.13. The van der Waals surface area contributed by atoms with Crippen LogP contribution in [0.3, 0.4) is 0 Å². The molecule has 0 bridgehead atoms. The second-order valence-corrected chi connectivity index (χ2v) is 5.30. The Kier molecular flexibility index (Phi) is 3.67. The fourth-order valence-corrected chi connectivity index (χ4v) is 2.50. The Balaban J connectivity index is 2.24. The molecule has 0 radical (unpaired) electrons. The standard InChI is InChI=1S/C10H11BrINO/c11-9-2-1-8(12)7-10(9)13-3-5-14-6-4-13/h1-2,7H,3-6H2. The summed E-state index contributed by atoms with van der Waals surface area (Å²) in [6, 6.07) is 6.41. The summed E-state index contributed by atoms with van der Waals surface area (Å²) in [6.07, 6.45) is 0. The Morgan fingerprint density at radius 3 is 2.71 bits per heavy atom. The van der Waals surface area contributed by atoms with Gasteiger partial charge in [-0.05, 0) is 56.7 Å². The summed E-state index contributed by atoms with van der Waals surface area (Å²) in [7, 11) is 0. The molecule has 0 saturated carbocycles. The molecular weight excluding hydrogens is 357 g/mol. The molecule has 2 rings (SSSR count). The number of ether oxygens (including phenoxy) is 1. The normalized spacial score (nSPS) is 17.1. The number of nitrogens with zero attached hydrogens (tertiary/aromatic N) is 1. The van der Waals surface area contributed by atoms with Crippen molar-refractivity contribution in [3.8, 4) is 0 Å². The molecule has 0 unspecified atom stereocenters. The van der Waals surface area contributed by atoms with Gasteiger partial charge in [0.2, 0.25) is 0 Å². The second-order valence-electron chi connectivity index (χ2n) is 3.20. The first kappa shape index (κ1) is 10.7. The molecule has 14 heavy (non-hydrogen) atoms. The van der Waals surface area contributed by atoms with Crippen molar-refractivity contribution in [2.75, 3.05) is 31.2 Å². The number of anilines is 1. The van der Waals surface area contributed by atoms with E-state index in [-0.39, 0.29) is 0 Å². The summed E-state index contributed by atoms with van der Waals surface area (Å²) < 4.78 is 7.77. The Morgan fingerprint density at radius 1 is 1.29 bits per heavy atom. The molecule has 1 saturated heterocycles. The van der Waals surface area contributed by atoms with Gasteiger partial charge >= 0.3 is 0 Å². The van der Waals surface area contributed by atoms with Gasteiger partial charge in [-0.3, -0.25) is 0 Å². The van der Waals surface area contributed by atoms with Gasteiger partial charge in [-0.25, -0.2) is 0 Å². The maximum absolute atomic E-state index is 5.33. The number of rotatable bonds is 1. The molecule has 0 spiro atoms. The van der Waals surface area contributed by atoms with E-state index >= 15 is 0 Å². The average molecular weight is 368 g/mol. The zero-order valence-corrected chi connectivity index (χ0v) is 11.4. The molecule has 1 aliphatic rings. The highest BCUT2D eigenvalue weighted by molar-refractivity contribution is 14.1. The monoisotopic (exact) mass is 367 g/mol. The molecule has 1 aliphatic heterocycles. The quantitative estimate of drug-likeness (QED) is 0.707. The van der Waals surface area contributed by atoms with Crippen LogP contribution in [0.4, 0.5) is 5.69 Å². The van der Waals surface area contributed by atoms with Crippen LogP contribution < -0.4 is 4.90 Å². The molecule has 76 valence electrons. The Bertz CT molecular complexity index is 326. The van der Waals surface area contributed by atoms with E-state index in [0.717, 1.165) is 26.3 Å². The minimum Gasteiger partial charge on any atom is -0.378 e. The minimum absolute atomic E-state index is 0.831. The van der Waals surface area contributed by atoms with Gasteiger partial charge < -0.3 is 9.64 Å². The van der Waals surface area contributed by atoms with Crippen LogP contribution in [0.2, 0.25) is 0 Å². The van der Waals surface area contributed by atoms with Crippen molar-refractivity contribution in [2.24, 2.45) is 0 Å². The first-order valence-electron chi connectivity index (χ1n) is 4.55. The maximum Gasteiger partial charge on any atom is 0.0642 e. The Hall–Kier alpha value is 0.190. The van der Waals surface area contributed by atoms with Gasteiger partial charge in [0, 0.05) is 21.1 Å². The highest BCUT2D eigenvalue weighted by atomic mass is 127. The van der Waals surface area contributed by atoms with Crippen LogP contribution in [-0.2, 0) is 4.74 Å². The molecule has 0 N–H and O–H groups in total. The molecule has 1 fully saturated rings. The van der Waals surface area contributed by atoms with Crippen molar-refractivity contribution < 1.29 is 4.74 Å². The third-order valence-electron chi connectivity index (χ3n) is 2.26. The molecule has 0 amide bonds. The fourth-order valence-electron chi connectivity index (χ4n) is 1.53. The van der Waals surface area contributed by atoms with Crippen LogP contribution in [0.15, 0.2) is 22.7 Å². The van der Waals surface area contributed by atoms with Crippen molar-refractivity contribution >= 4 is 44.2 Å². The first-order chi connectivity index (χ1) is 6.77. The number of hydrogen-bond donors (Lipinski definition) is 0. The van der Waals surface area contributed by atoms with E-state index in [4.69, 9.17) is 4.74 Å². The van der Waals surface area contributed by atoms with Crippen molar-refractivity contribution in [3.63, 3.8) is 0 Å². The van der Waals surface area contributed by atoms with Gasteiger partial charge in [0.05, 0.1) is 18.9 Å². The lowest BCUT2D eigenvalue weighted by molar-refractivity contribution is 0.122. The van der Waals surface area contributed by atoms with Crippen LogP contribution >= 0.6 is 38.5 Å². The van der Waals surface area contributed by atoms with Crippen LogP contribution in [-0.4, -0.2) is 26.3 Å². The van der Waals surface area contributed by atoms with Gasteiger partial charge in [-0.2, -0.15) is 0 Å². The van der Waals surface area contributed by atoms with Gasteiger partial charge in [0.25, 0.3) is 0 Å². The molecule has 1 heterocycles. The van der Waals surface area contributed by atoms with Gasteiger partial charge in [0.1, 0.15) is 0 Å². The molecule has 0 aromatic heterocycles. The van der Waals surface area contributed by atoms with Crippen molar-refractivity contribution in [3.05, 3.63) is 26.2 Å². The molecule has 1 aromatic carbocycles. The topological polar surface area (TPSA) is 12.5 Å². The van der Waals surface area contributed by atoms with Crippen molar-refractivity contribution in [1.29, 1.82) is 0 Å². The van der Waals surface area contributed by atoms with E-state index in [2.05, 4.69) is 61.6 Å². The molecule has 0 atom stereocenters. The predicted octanol–water partition coefficient (Wildman–Crippen LogP) is 2.89. The molecule has 1 aromatic rings. The van der Waals surface area contributed by atoms with Crippen LogP contribution in [0.1, 0.15) is 0 Å². The first-order valence-corrected chi connectivity index (χ1v) is 6.42. The van der Waals surface area contributed by atoms with E-state index in [1.807, 2.05) is 0 Å². The lowest BCUT2D eigenvalue weighted by atomic mass is 10.3. The van der Waals surface area contributed by atoms with Crippen molar-refractivity contribution in [1.82, 2.24) is 0 Å². The lowest BCUT2D eigenvalue weighted by Crippen LogP contribution is -2.36. The largest absolute Gasteiger partial charge is 0.378 e. The van der Waals surface area contributed by atoms with E-state index in [0.29, 0.717) is 0 Å².